The molecule has 3 aliphatic rings. The quantitative estimate of drug-likeness (QED) is 0.544. The molecule has 0 atom stereocenters. The molecule has 0 bridgehead atoms. The largest absolute Gasteiger partial charge is 0.257 e. The van der Waals surface area contributed by atoms with Gasteiger partial charge >= 0.3 is 0 Å². The molecule has 0 amide bonds. The predicted molar refractivity (Wildman–Crippen MR) is 109 cm³/mol. The van der Waals surface area contributed by atoms with Gasteiger partial charge in [0.05, 0.1) is 11.4 Å². The summed E-state index contributed by atoms with van der Waals surface area (Å²) >= 11 is 0. The van der Waals surface area contributed by atoms with Crippen LogP contribution in [0.1, 0.15) is 75.7 Å². The topological polar surface area (TPSA) is 24.7 Å². The summed E-state index contributed by atoms with van der Waals surface area (Å²) in [6.07, 6.45) is 0.962. The first-order valence-corrected chi connectivity index (χ1v) is 9.35. The first-order valence-electron chi connectivity index (χ1n) is 9.35. The van der Waals surface area contributed by atoms with Crippen LogP contribution in [0.3, 0.4) is 0 Å². The Balaban J connectivity index is 2.00. The molecule has 3 rings (SSSR count). The van der Waals surface area contributed by atoms with Gasteiger partial charge < -0.3 is 0 Å². The van der Waals surface area contributed by atoms with Crippen LogP contribution < -0.4 is 0 Å². The molecule has 0 aromatic heterocycles. The van der Waals surface area contributed by atoms with Gasteiger partial charge in [0, 0.05) is 28.6 Å². The SMILES string of the molecule is CC1=C(C)C(C)(C)C(C2=C(C)C(C)=C(C3=NC(C)=C(C)C3(C)C)C2)=N1. The van der Waals surface area contributed by atoms with Crippen LogP contribution >= 0.6 is 0 Å². The van der Waals surface area contributed by atoms with E-state index < -0.39 is 0 Å². The van der Waals surface area contributed by atoms with E-state index >= 15 is 0 Å². The van der Waals surface area contributed by atoms with E-state index in [2.05, 4.69) is 69.2 Å². The van der Waals surface area contributed by atoms with Crippen molar-refractivity contribution in [2.45, 2.75) is 75.7 Å². The molecule has 0 fully saturated rings. The van der Waals surface area contributed by atoms with Crippen molar-refractivity contribution in [1.82, 2.24) is 0 Å². The average molecular weight is 337 g/mol. The zero-order valence-electron chi connectivity index (χ0n) is 17.6. The minimum absolute atomic E-state index is 0.0213. The van der Waals surface area contributed by atoms with Gasteiger partial charge in [0.15, 0.2) is 0 Å². The van der Waals surface area contributed by atoms with Crippen molar-refractivity contribution >= 4 is 11.4 Å². The van der Waals surface area contributed by atoms with Crippen molar-refractivity contribution in [1.29, 1.82) is 0 Å². The molecule has 0 saturated heterocycles. The van der Waals surface area contributed by atoms with Crippen molar-refractivity contribution in [3.8, 4) is 0 Å². The van der Waals surface area contributed by atoms with Gasteiger partial charge in [0.1, 0.15) is 0 Å². The Hall–Kier alpha value is -1.70. The highest BCUT2D eigenvalue weighted by atomic mass is 14.8. The molecule has 1 aliphatic carbocycles. The molecule has 134 valence electrons. The molecule has 0 aromatic carbocycles. The minimum atomic E-state index is 0.0213. The van der Waals surface area contributed by atoms with Gasteiger partial charge in [-0.05, 0) is 75.0 Å². The van der Waals surface area contributed by atoms with Gasteiger partial charge in [-0.1, -0.05) is 27.7 Å². The molecule has 0 unspecified atom stereocenters. The molecule has 2 aliphatic heterocycles. The van der Waals surface area contributed by atoms with Crippen LogP contribution in [0.5, 0.6) is 0 Å². The molecule has 0 N–H and O–H groups in total. The Morgan fingerprint density at radius 1 is 0.600 bits per heavy atom. The van der Waals surface area contributed by atoms with Gasteiger partial charge in [0.2, 0.25) is 0 Å². The standard InChI is InChI=1S/C23H32N2/c1-12-13(2)19(21-23(9,10)15(4)17(6)25-21)11-18(12)20-22(7,8)14(3)16(5)24-20/h11H2,1-10H3. The number of allylic oxidation sites excluding steroid dienone is 8. The third-order valence-corrected chi connectivity index (χ3v) is 7.10. The Kier molecular flexibility index (Phi) is 3.91. The lowest BCUT2D eigenvalue weighted by Crippen LogP contribution is -2.26. The maximum Gasteiger partial charge on any atom is 0.0542 e. The summed E-state index contributed by atoms with van der Waals surface area (Å²) in [4.78, 5) is 9.96. The van der Waals surface area contributed by atoms with Gasteiger partial charge in [-0.3, -0.25) is 9.98 Å². The van der Waals surface area contributed by atoms with E-state index in [-0.39, 0.29) is 10.8 Å². The first kappa shape index (κ1) is 18.1. The molecular formula is C23H32N2. The zero-order chi connectivity index (χ0) is 18.9. The summed E-state index contributed by atoms with van der Waals surface area (Å²) in [7, 11) is 0. The van der Waals surface area contributed by atoms with Gasteiger partial charge in [-0.25, -0.2) is 0 Å². The van der Waals surface area contributed by atoms with Gasteiger partial charge in [-0.15, -0.1) is 0 Å². The van der Waals surface area contributed by atoms with E-state index in [9.17, 15) is 0 Å². The molecular weight excluding hydrogens is 304 g/mol. The summed E-state index contributed by atoms with van der Waals surface area (Å²) in [5, 5.41) is 0. The summed E-state index contributed by atoms with van der Waals surface area (Å²) in [6.45, 7) is 22.4. The number of rotatable bonds is 2. The van der Waals surface area contributed by atoms with Gasteiger partial charge in [0.25, 0.3) is 0 Å². The Bertz CT molecular complexity index is 790. The van der Waals surface area contributed by atoms with Crippen LogP contribution in [-0.4, -0.2) is 11.4 Å². The van der Waals surface area contributed by atoms with E-state index in [1.54, 1.807) is 0 Å². The second-order valence-corrected chi connectivity index (χ2v) is 8.98. The molecule has 25 heavy (non-hydrogen) atoms. The average Bonchev–Trinajstić information content (AvgIpc) is 3.00. The second kappa shape index (κ2) is 5.40. The highest BCUT2D eigenvalue weighted by Gasteiger charge is 2.41. The normalized spacial score (nSPS) is 25.5. The molecule has 2 heteroatoms. The van der Waals surface area contributed by atoms with Crippen LogP contribution in [0.2, 0.25) is 0 Å². The first-order chi connectivity index (χ1) is 11.4. The number of aliphatic imine (C=N–C) groups is 2. The molecule has 2 nitrogen and oxygen atoms in total. The molecule has 0 radical (unpaired) electrons. The van der Waals surface area contributed by atoms with Gasteiger partial charge in [-0.2, -0.15) is 0 Å². The lowest BCUT2D eigenvalue weighted by molar-refractivity contribution is 0.632. The third kappa shape index (κ3) is 2.37. The van der Waals surface area contributed by atoms with E-state index in [1.807, 2.05) is 0 Å². The van der Waals surface area contributed by atoms with E-state index in [0.717, 1.165) is 6.42 Å². The number of hydrogen-bond donors (Lipinski definition) is 0. The van der Waals surface area contributed by atoms with Crippen LogP contribution in [0, 0.1) is 10.8 Å². The number of hydrogen-bond acceptors (Lipinski definition) is 2. The highest BCUT2D eigenvalue weighted by molar-refractivity contribution is 6.15. The summed E-state index contributed by atoms with van der Waals surface area (Å²) in [5.41, 5.74) is 13.3. The minimum Gasteiger partial charge on any atom is -0.257 e. The Morgan fingerprint density at radius 3 is 1.16 bits per heavy atom. The summed E-state index contributed by atoms with van der Waals surface area (Å²) in [5.74, 6) is 0. The number of nitrogens with zero attached hydrogens (tertiary/aromatic N) is 2. The second-order valence-electron chi connectivity index (χ2n) is 8.98. The Morgan fingerprint density at radius 2 is 0.920 bits per heavy atom. The zero-order valence-corrected chi connectivity index (χ0v) is 17.6. The van der Waals surface area contributed by atoms with Crippen LogP contribution in [0.4, 0.5) is 0 Å². The maximum atomic E-state index is 4.98. The van der Waals surface area contributed by atoms with Crippen LogP contribution in [0.15, 0.2) is 54.8 Å². The molecule has 0 spiro atoms. The summed E-state index contributed by atoms with van der Waals surface area (Å²) < 4.78 is 0. The van der Waals surface area contributed by atoms with E-state index in [1.165, 1.54) is 56.3 Å². The van der Waals surface area contributed by atoms with Crippen molar-refractivity contribution in [3.63, 3.8) is 0 Å². The van der Waals surface area contributed by atoms with Crippen molar-refractivity contribution < 1.29 is 0 Å². The maximum absolute atomic E-state index is 4.98. The van der Waals surface area contributed by atoms with Crippen molar-refractivity contribution in [2.75, 3.05) is 0 Å². The third-order valence-electron chi connectivity index (χ3n) is 7.10. The lowest BCUT2D eigenvalue weighted by Gasteiger charge is -2.26. The van der Waals surface area contributed by atoms with E-state index in [4.69, 9.17) is 9.98 Å². The molecule has 0 saturated carbocycles. The Labute approximate surface area is 153 Å². The fourth-order valence-electron chi connectivity index (χ4n) is 4.35. The predicted octanol–water partition coefficient (Wildman–Crippen LogP) is 6.57. The lowest BCUT2D eigenvalue weighted by atomic mass is 9.75. The van der Waals surface area contributed by atoms with Crippen LogP contribution in [-0.2, 0) is 0 Å². The molecule has 0 aromatic rings. The monoisotopic (exact) mass is 336 g/mol. The molecule has 2 heterocycles. The smallest absolute Gasteiger partial charge is 0.0542 e. The van der Waals surface area contributed by atoms with E-state index in [0.29, 0.717) is 0 Å². The van der Waals surface area contributed by atoms with Crippen molar-refractivity contribution in [3.05, 3.63) is 44.8 Å². The fourth-order valence-corrected chi connectivity index (χ4v) is 4.35. The van der Waals surface area contributed by atoms with Crippen LogP contribution in [0.25, 0.3) is 0 Å². The highest BCUT2D eigenvalue weighted by Crippen LogP contribution is 2.48. The fraction of sp³-hybridized carbons (Fsp3) is 0.565. The summed E-state index contributed by atoms with van der Waals surface area (Å²) in [6, 6.07) is 0. The van der Waals surface area contributed by atoms with Crippen molar-refractivity contribution in [2.24, 2.45) is 20.8 Å².